The predicted octanol–water partition coefficient (Wildman–Crippen LogP) is 1.93. The molecule has 0 aromatic heterocycles. The van der Waals surface area contributed by atoms with Crippen LogP contribution < -0.4 is 5.32 Å². The van der Waals surface area contributed by atoms with E-state index >= 15 is 0 Å². The second-order valence-electron chi connectivity index (χ2n) is 5.05. The van der Waals surface area contributed by atoms with E-state index in [-0.39, 0.29) is 22.2 Å². The number of nitrogens with zero attached hydrogens (tertiary/aromatic N) is 2. The van der Waals surface area contributed by atoms with Crippen LogP contribution in [0, 0.1) is 16.0 Å². The molecule has 7 heteroatoms. The van der Waals surface area contributed by atoms with Gasteiger partial charge in [0.05, 0.1) is 15.5 Å². The van der Waals surface area contributed by atoms with Crippen LogP contribution in [0.15, 0.2) is 18.2 Å². The molecule has 1 aliphatic rings. The summed E-state index contributed by atoms with van der Waals surface area (Å²) in [6.07, 6.45) is 1.06. The largest absolute Gasteiger partial charge is 0.352 e. The van der Waals surface area contributed by atoms with Crippen LogP contribution in [0.4, 0.5) is 5.69 Å². The second kappa shape index (κ2) is 6.19. The minimum Gasteiger partial charge on any atom is -0.352 e. The Labute approximate surface area is 121 Å². The van der Waals surface area contributed by atoms with E-state index in [9.17, 15) is 14.9 Å². The van der Waals surface area contributed by atoms with E-state index in [4.69, 9.17) is 11.6 Å². The smallest absolute Gasteiger partial charge is 0.270 e. The van der Waals surface area contributed by atoms with Crippen LogP contribution in [0.3, 0.4) is 0 Å². The number of benzene rings is 1. The summed E-state index contributed by atoms with van der Waals surface area (Å²) < 4.78 is 0. The number of hydrogen-bond acceptors (Lipinski definition) is 4. The lowest BCUT2D eigenvalue weighted by atomic mass is 10.1. The molecular formula is C13H16ClN3O3. The van der Waals surface area contributed by atoms with Crippen LogP contribution in [0.5, 0.6) is 0 Å². The van der Waals surface area contributed by atoms with Gasteiger partial charge in [-0.1, -0.05) is 11.6 Å². The molecule has 1 fully saturated rings. The van der Waals surface area contributed by atoms with Gasteiger partial charge in [0.15, 0.2) is 0 Å². The van der Waals surface area contributed by atoms with Crippen LogP contribution in [-0.4, -0.2) is 42.4 Å². The molecule has 0 bridgehead atoms. The molecule has 1 saturated heterocycles. The van der Waals surface area contributed by atoms with Gasteiger partial charge in [-0.3, -0.25) is 14.9 Å². The SMILES string of the molecule is CN1CCC(CNC(=O)c2ccc([N+](=O)[O-])cc2Cl)C1. The number of carbonyl (C=O) groups is 1. The summed E-state index contributed by atoms with van der Waals surface area (Å²) >= 11 is 5.91. The van der Waals surface area contributed by atoms with Crippen molar-refractivity contribution in [2.45, 2.75) is 6.42 Å². The normalized spacial score (nSPS) is 19.0. The monoisotopic (exact) mass is 297 g/mol. The molecule has 0 radical (unpaired) electrons. The van der Waals surface area contributed by atoms with E-state index in [0.717, 1.165) is 19.5 Å². The van der Waals surface area contributed by atoms with Crippen molar-refractivity contribution in [2.24, 2.45) is 5.92 Å². The molecule has 1 unspecified atom stereocenters. The summed E-state index contributed by atoms with van der Waals surface area (Å²) in [7, 11) is 2.05. The summed E-state index contributed by atoms with van der Waals surface area (Å²) in [5, 5.41) is 13.5. The van der Waals surface area contributed by atoms with Gasteiger partial charge >= 0.3 is 0 Å². The van der Waals surface area contributed by atoms with Crippen LogP contribution >= 0.6 is 11.6 Å². The minimum absolute atomic E-state index is 0.0974. The number of nitro groups is 1. The summed E-state index contributed by atoms with van der Waals surface area (Å²) in [6.45, 7) is 2.60. The molecule has 1 amide bonds. The van der Waals surface area contributed by atoms with Gasteiger partial charge in [-0.15, -0.1) is 0 Å². The van der Waals surface area contributed by atoms with Gasteiger partial charge < -0.3 is 10.2 Å². The lowest BCUT2D eigenvalue weighted by molar-refractivity contribution is -0.384. The van der Waals surface area contributed by atoms with Crippen molar-refractivity contribution in [1.29, 1.82) is 0 Å². The first kappa shape index (κ1) is 14.7. The third-order valence-corrected chi connectivity index (χ3v) is 3.76. The highest BCUT2D eigenvalue weighted by Crippen LogP contribution is 2.22. The third kappa shape index (κ3) is 3.46. The highest BCUT2D eigenvalue weighted by molar-refractivity contribution is 6.34. The predicted molar refractivity (Wildman–Crippen MR) is 76.0 cm³/mol. The molecule has 108 valence electrons. The summed E-state index contributed by atoms with van der Waals surface area (Å²) in [5.41, 5.74) is 0.146. The maximum Gasteiger partial charge on any atom is 0.270 e. The van der Waals surface area contributed by atoms with Gasteiger partial charge in [0.2, 0.25) is 0 Å². The maximum absolute atomic E-state index is 12.0. The van der Waals surface area contributed by atoms with Crippen LogP contribution in [0.25, 0.3) is 0 Å². The topological polar surface area (TPSA) is 75.5 Å². The number of nitrogens with one attached hydrogen (secondary N) is 1. The fourth-order valence-corrected chi connectivity index (χ4v) is 2.59. The molecule has 0 aliphatic carbocycles. The molecule has 1 heterocycles. The molecule has 1 aromatic rings. The number of rotatable bonds is 4. The zero-order valence-electron chi connectivity index (χ0n) is 11.1. The molecule has 1 aliphatic heterocycles. The van der Waals surface area contributed by atoms with E-state index in [1.165, 1.54) is 18.2 Å². The van der Waals surface area contributed by atoms with Crippen molar-refractivity contribution < 1.29 is 9.72 Å². The molecule has 1 N–H and O–H groups in total. The number of likely N-dealkylation sites (tertiary alicyclic amines) is 1. The van der Waals surface area contributed by atoms with Gasteiger partial charge in [0.25, 0.3) is 11.6 Å². The van der Waals surface area contributed by atoms with Crippen LogP contribution in [-0.2, 0) is 0 Å². The first-order valence-electron chi connectivity index (χ1n) is 6.38. The van der Waals surface area contributed by atoms with E-state index in [1.54, 1.807) is 0 Å². The number of hydrogen-bond donors (Lipinski definition) is 1. The number of nitro benzene ring substituents is 1. The standard InChI is InChI=1S/C13H16ClN3O3/c1-16-5-4-9(8-16)7-15-13(18)11-3-2-10(17(19)20)6-12(11)14/h2-3,6,9H,4-5,7-8H2,1H3,(H,15,18). The Morgan fingerprint density at radius 2 is 2.35 bits per heavy atom. The fraction of sp³-hybridized carbons (Fsp3) is 0.462. The minimum atomic E-state index is -0.540. The Bertz CT molecular complexity index is 536. The van der Waals surface area contributed by atoms with Gasteiger partial charge in [0.1, 0.15) is 0 Å². The van der Waals surface area contributed by atoms with Gasteiger partial charge in [-0.25, -0.2) is 0 Å². The number of carbonyl (C=O) groups excluding carboxylic acids is 1. The summed E-state index contributed by atoms with van der Waals surface area (Å²) in [5.74, 6) is 0.153. The Hall–Kier alpha value is -1.66. The zero-order valence-corrected chi connectivity index (χ0v) is 11.9. The highest BCUT2D eigenvalue weighted by atomic mass is 35.5. The molecule has 6 nitrogen and oxygen atoms in total. The second-order valence-corrected chi connectivity index (χ2v) is 5.46. The van der Waals surface area contributed by atoms with E-state index in [2.05, 4.69) is 17.3 Å². The molecule has 1 aromatic carbocycles. The van der Waals surface area contributed by atoms with Crippen molar-refractivity contribution in [1.82, 2.24) is 10.2 Å². The highest BCUT2D eigenvalue weighted by Gasteiger charge is 2.21. The first-order valence-corrected chi connectivity index (χ1v) is 6.76. The third-order valence-electron chi connectivity index (χ3n) is 3.45. The molecular weight excluding hydrogens is 282 g/mol. The molecule has 20 heavy (non-hydrogen) atoms. The van der Waals surface area contributed by atoms with Crippen molar-refractivity contribution in [3.8, 4) is 0 Å². The van der Waals surface area contributed by atoms with E-state index < -0.39 is 4.92 Å². The quantitative estimate of drug-likeness (QED) is 0.680. The molecule has 1 atom stereocenters. The molecule has 0 spiro atoms. The van der Waals surface area contributed by atoms with Crippen molar-refractivity contribution in [3.05, 3.63) is 38.9 Å². The van der Waals surface area contributed by atoms with Crippen molar-refractivity contribution in [2.75, 3.05) is 26.7 Å². The van der Waals surface area contributed by atoms with Crippen LogP contribution in [0.2, 0.25) is 5.02 Å². The fourth-order valence-electron chi connectivity index (χ4n) is 2.33. The van der Waals surface area contributed by atoms with Crippen molar-refractivity contribution in [3.63, 3.8) is 0 Å². The van der Waals surface area contributed by atoms with E-state index in [1.807, 2.05) is 0 Å². The Morgan fingerprint density at radius 1 is 1.60 bits per heavy atom. The van der Waals surface area contributed by atoms with Gasteiger partial charge in [-0.2, -0.15) is 0 Å². The molecule has 2 rings (SSSR count). The van der Waals surface area contributed by atoms with E-state index in [0.29, 0.717) is 12.5 Å². The number of halogens is 1. The number of non-ortho nitro benzene ring substituents is 1. The Kier molecular flexibility index (Phi) is 4.57. The first-order chi connectivity index (χ1) is 9.47. The Morgan fingerprint density at radius 3 is 2.90 bits per heavy atom. The lowest BCUT2D eigenvalue weighted by Gasteiger charge is -2.12. The zero-order chi connectivity index (χ0) is 14.7. The lowest BCUT2D eigenvalue weighted by Crippen LogP contribution is -2.30. The maximum atomic E-state index is 12.0. The summed E-state index contributed by atoms with van der Waals surface area (Å²) in [6, 6.07) is 3.86. The van der Waals surface area contributed by atoms with Crippen LogP contribution in [0.1, 0.15) is 16.8 Å². The summed E-state index contributed by atoms with van der Waals surface area (Å²) in [4.78, 5) is 24.3. The van der Waals surface area contributed by atoms with Crippen molar-refractivity contribution >= 4 is 23.2 Å². The molecule has 0 saturated carbocycles. The Balaban J connectivity index is 1.97. The van der Waals surface area contributed by atoms with Gasteiger partial charge in [-0.05, 0) is 32.0 Å². The van der Waals surface area contributed by atoms with Gasteiger partial charge in [0, 0.05) is 25.2 Å². The number of amides is 1. The average Bonchev–Trinajstić information content (AvgIpc) is 2.81. The average molecular weight is 298 g/mol.